The predicted molar refractivity (Wildman–Crippen MR) is 110 cm³/mol. The molecule has 0 aliphatic carbocycles. The van der Waals surface area contributed by atoms with Gasteiger partial charge in [0.1, 0.15) is 5.01 Å². The highest BCUT2D eigenvalue weighted by Gasteiger charge is 2.32. The lowest BCUT2D eigenvalue weighted by Gasteiger charge is -2.37. The van der Waals surface area contributed by atoms with Crippen LogP contribution in [0.3, 0.4) is 0 Å². The summed E-state index contributed by atoms with van der Waals surface area (Å²) in [4.78, 5) is 17.1. The number of piperidine rings is 1. The van der Waals surface area contributed by atoms with Gasteiger partial charge >= 0.3 is 0 Å². The topological polar surface area (TPSA) is 63.2 Å². The van der Waals surface area contributed by atoms with Crippen molar-refractivity contribution in [1.82, 2.24) is 15.6 Å². The van der Waals surface area contributed by atoms with Crippen LogP contribution in [0.15, 0.2) is 29.6 Å². The maximum atomic E-state index is 12.4. The monoisotopic (exact) mass is 387 g/mol. The number of thiazole rings is 1. The van der Waals surface area contributed by atoms with Gasteiger partial charge in [0.25, 0.3) is 0 Å². The Morgan fingerprint density at radius 2 is 2.04 bits per heavy atom. The van der Waals surface area contributed by atoms with E-state index in [1.54, 1.807) is 18.4 Å². The summed E-state index contributed by atoms with van der Waals surface area (Å²) in [5, 5.41) is 9.43. The van der Waals surface area contributed by atoms with Crippen molar-refractivity contribution in [3.63, 3.8) is 0 Å². The normalized spacial score (nSPS) is 16.2. The molecule has 1 saturated heterocycles. The molecule has 0 bridgehead atoms. The number of rotatable bonds is 8. The van der Waals surface area contributed by atoms with Gasteiger partial charge in [0.2, 0.25) is 5.91 Å². The highest BCUT2D eigenvalue weighted by molar-refractivity contribution is 7.13. The predicted octanol–water partition coefficient (Wildman–Crippen LogP) is 3.05. The van der Waals surface area contributed by atoms with Gasteiger partial charge < -0.3 is 15.4 Å². The number of hydrogen-bond acceptors (Lipinski definition) is 5. The minimum atomic E-state index is 0.0298. The first kappa shape index (κ1) is 20.0. The Kier molecular flexibility index (Phi) is 6.99. The van der Waals surface area contributed by atoms with Crippen molar-refractivity contribution < 1.29 is 9.53 Å². The van der Waals surface area contributed by atoms with Crippen molar-refractivity contribution in [3.8, 4) is 10.6 Å². The average Bonchev–Trinajstić information content (AvgIpc) is 3.16. The second-order valence-electron chi connectivity index (χ2n) is 7.33. The van der Waals surface area contributed by atoms with Crippen molar-refractivity contribution in [2.45, 2.75) is 32.6 Å². The van der Waals surface area contributed by atoms with Gasteiger partial charge in [-0.25, -0.2) is 4.98 Å². The fraction of sp³-hybridized carbons (Fsp3) is 0.524. The van der Waals surface area contributed by atoms with Gasteiger partial charge in [0.05, 0.1) is 18.7 Å². The molecule has 2 heterocycles. The Hall–Kier alpha value is -1.76. The van der Waals surface area contributed by atoms with E-state index in [2.05, 4.69) is 46.8 Å². The Morgan fingerprint density at radius 1 is 1.30 bits per heavy atom. The lowest BCUT2D eigenvalue weighted by atomic mass is 9.79. The number of nitrogens with zero attached hydrogens (tertiary/aromatic N) is 1. The van der Waals surface area contributed by atoms with Crippen molar-refractivity contribution in [3.05, 3.63) is 40.9 Å². The fourth-order valence-corrected chi connectivity index (χ4v) is 4.38. The van der Waals surface area contributed by atoms with Gasteiger partial charge in [-0.1, -0.05) is 31.2 Å². The molecule has 6 heteroatoms. The summed E-state index contributed by atoms with van der Waals surface area (Å²) < 4.78 is 5.41. The summed E-state index contributed by atoms with van der Waals surface area (Å²) in [5.74, 6) is 0.0298. The van der Waals surface area contributed by atoms with E-state index in [9.17, 15) is 4.79 Å². The van der Waals surface area contributed by atoms with E-state index >= 15 is 0 Å². The molecule has 1 amide bonds. The number of aryl methyl sites for hydroxylation is 1. The van der Waals surface area contributed by atoms with E-state index in [1.807, 2.05) is 5.38 Å². The Balaban J connectivity index is 1.55. The minimum absolute atomic E-state index is 0.0298. The smallest absolute Gasteiger partial charge is 0.226 e. The minimum Gasteiger partial charge on any atom is -0.384 e. The van der Waals surface area contributed by atoms with Crippen LogP contribution in [0, 0.1) is 5.41 Å². The summed E-state index contributed by atoms with van der Waals surface area (Å²) in [6, 6.07) is 8.48. The second kappa shape index (κ2) is 9.44. The van der Waals surface area contributed by atoms with E-state index in [0.717, 1.165) is 48.6 Å². The van der Waals surface area contributed by atoms with E-state index in [1.165, 1.54) is 5.56 Å². The summed E-state index contributed by atoms with van der Waals surface area (Å²) in [6.07, 6.45) is 3.40. The number of nitrogens with one attached hydrogen (secondary N) is 2. The van der Waals surface area contributed by atoms with E-state index < -0.39 is 0 Å². The van der Waals surface area contributed by atoms with Crippen molar-refractivity contribution >= 4 is 17.2 Å². The number of amides is 1. The number of hydrogen-bond donors (Lipinski definition) is 2. The number of aromatic nitrogens is 1. The lowest BCUT2D eigenvalue weighted by Crippen LogP contribution is -2.47. The van der Waals surface area contributed by atoms with Crippen LogP contribution >= 0.6 is 11.3 Å². The molecule has 1 aromatic heterocycles. The molecule has 5 nitrogen and oxygen atoms in total. The molecule has 27 heavy (non-hydrogen) atoms. The Bertz CT molecular complexity index is 731. The summed E-state index contributed by atoms with van der Waals surface area (Å²) in [5.41, 5.74) is 3.30. The highest BCUT2D eigenvalue weighted by Crippen LogP contribution is 2.28. The van der Waals surface area contributed by atoms with Crippen LogP contribution in [0.2, 0.25) is 0 Å². The SMILES string of the molecule is CCc1ccc(-c2nc(CC(=O)NCC3(COC)CCNCC3)cs2)cc1. The van der Waals surface area contributed by atoms with Gasteiger partial charge in [-0.3, -0.25) is 4.79 Å². The van der Waals surface area contributed by atoms with Crippen LogP contribution in [0.25, 0.3) is 10.6 Å². The van der Waals surface area contributed by atoms with Gasteiger partial charge in [0.15, 0.2) is 0 Å². The molecule has 2 N–H and O–H groups in total. The van der Waals surface area contributed by atoms with E-state index in [4.69, 9.17) is 4.74 Å². The van der Waals surface area contributed by atoms with Gasteiger partial charge in [-0.2, -0.15) is 0 Å². The number of ether oxygens (including phenoxy) is 1. The molecule has 1 fully saturated rings. The van der Waals surface area contributed by atoms with Crippen molar-refractivity contribution in [2.24, 2.45) is 5.41 Å². The van der Waals surface area contributed by atoms with Crippen LogP contribution in [0.5, 0.6) is 0 Å². The first-order valence-electron chi connectivity index (χ1n) is 9.64. The summed E-state index contributed by atoms with van der Waals surface area (Å²) >= 11 is 1.59. The molecule has 3 rings (SSSR count). The third kappa shape index (κ3) is 5.37. The summed E-state index contributed by atoms with van der Waals surface area (Å²) in [7, 11) is 1.73. The lowest BCUT2D eigenvalue weighted by molar-refractivity contribution is -0.121. The molecule has 0 spiro atoms. The van der Waals surface area contributed by atoms with Crippen LogP contribution in [-0.2, 0) is 22.4 Å². The number of methoxy groups -OCH3 is 1. The van der Waals surface area contributed by atoms with Gasteiger partial charge in [-0.05, 0) is 37.9 Å². The largest absolute Gasteiger partial charge is 0.384 e. The molecular formula is C21H29N3O2S. The number of benzene rings is 1. The van der Waals surface area contributed by atoms with Crippen molar-refractivity contribution in [2.75, 3.05) is 33.4 Å². The molecule has 0 radical (unpaired) electrons. The zero-order valence-corrected chi connectivity index (χ0v) is 17.0. The van der Waals surface area contributed by atoms with Crippen LogP contribution in [0.4, 0.5) is 0 Å². The first-order chi connectivity index (χ1) is 13.1. The molecule has 1 aromatic carbocycles. The van der Waals surface area contributed by atoms with E-state index in [0.29, 0.717) is 19.6 Å². The maximum Gasteiger partial charge on any atom is 0.226 e. The van der Waals surface area contributed by atoms with Crippen LogP contribution in [-0.4, -0.2) is 44.2 Å². The maximum absolute atomic E-state index is 12.4. The van der Waals surface area contributed by atoms with E-state index in [-0.39, 0.29) is 11.3 Å². The molecule has 1 aliphatic heterocycles. The zero-order valence-electron chi connectivity index (χ0n) is 16.2. The molecule has 0 unspecified atom stereocenters. The molecular weight excluding hydrogens is 358 g/mol. The zero-order chi connectivity index (χ0) is 19.1. The van der Waals surface area contributed by atoms with Crippen LogP contribution in [0.1, 0.15) is 31.0 Å². The van der Waals surface area contributed by atoms with Crippen LogP contribution < -0.4 is 10.6 Å². The first-order valence-corrected chi connectivity index (χ1v) is 10.5. The third-order valence-corrected chi connectivity index (χ3v) is 6.22. The van der Waals surface area contributed by atoms with Gasteiger partial charge in [-0.15, -0.1) is 11.3 Å². The second-order valence-corrected chi connectivity index (χ2v) is 8.19. The fourth-order valence-electron chi connectivity index (χ4n) is 3.55. The Labute approximate surface area is 165 Å². The number of carbonyl (C=O) groups is 1. The average molecular weight is 388 g/mol. The third-order valence-electron chi connectivity index (χ3n) is 5.28. The van der Waals surface area contributed by atoms with Gasteiger partial charge in [0, 0.05) is 30.0 Å². The molecule has 0 atom stereocenters. The number of carbonyl (C=O) groups excluding carboxylic acids is 1. The molecule has 146 valence electrons. The molecule has 0 saturated carbocycles. The highest BCUT2D eigenvalue weighted by atomic mass is 32.1. The molecule has 1 aliphatic rings. The Morgan fingerprint density at radius 3 is 2.70 bits per heavy atom. The standard InChI is InChI=1S/C21H29N3O2S/c1-3-16-4-6-17(7-5-16)20-24-18(13-27-20)12-19(25)23-14-21(15-26-2)8-10-22-11-9-21/h4-7,13,22H,3,8-12,14-15H2,1-2H3,(H,23,25). The summed E-state index contributed by atoms with van der Waals surface area (Å²) in [6.45, 7) is 5.45. The van der Waals surface area contributed by atoms with Crippen molar-refractivity contribution in [1.29, 1.82) is 0 Å². The molecule has 2 aromatic rings. The quantitative estimate of drug-likeness (QED) is 0.731.